The van der Waals surface area contributed by atoms with Crippen LogP contribution in [-0.4, -0.2) is 34.8 Å². The molecule has 146 valence electrons. The molecule has 6 nitrogen and oxygen atoms in total. The van der Waals surface area contributed by atoms with Gasteiger partial charge in [-0.05, 0) is 50.2 Å². The highest BCUT2D eigenvalue weighted by Crippen LogP contribution is 2.26. The van der Waals surface area contributed by atoms with Gasteiger partial charge in [0.05, 0.1) is 17.3 Å². The lowest BCUT2D eigenvalue weighted by Gasteiger charge is -2.18. The minimum absolute atomic E-state index is 0.0499. The highest BCUT2D eigenvalue weighted by atomic mass is 32.1. The molecule has 29 heavy (non-hydrogen) atoms. The first-order valence-corrected chi connectivity index (χ1v) is 10.1. The Morgan fingerprint density at radius 2 is 1.79 bits per heavy atom. The van der Waals surface area contributed by atoms with Gasteiger partial charge in [0.15, 0.2) is 5.13 Å². The number of benzene rings is 2. The maximum absolute atomic E-state index is 12.5. The largest absolute Gasteiger partial charge is 0.339 e. The van der Waals surface area contributed by atoms with Crippen LogP contribution >= 0.6 is 11.3 Å². The van der Waals surface area contributed by atoms with Gasteiger partial charge in [-0.3, -0.25) is 14.9 Å². The molecule has 1 aromatic heterocycles. The van der Waals surface area contributed by atoms with Crippen LogP contribution in [-0.2, 0) is 0 Å². The molecular formula is C22H20N4O2S. The van der Waals surface area contributed by atoms with Crippen molar-refractivity contribution >= 4 is 28.3 Å². The quantitative estimate of drug-likeness (QED) is 0.659. The highest BCUT2D eigenvalue weighted by Gasteiger charge is 2.14. The maximum atomic E-state index is 12.5. The van der Waals surface area contributed by atoms with E-state index in [1.54, 1.807) is 47.4 Å². The minimum atomic E-state index is -0.293. The van der Waals surface area contributed by atoms with Crippen LogP contribution in [0.15, 0.2) is 53.9 Å². The van der Waals surface area contributed by atoms with E-state index >= 15 is 0 Å². The zero-order valence-corrected chi connectivity index (χ0v) is 17.0. The van der Waals surface area contributed by atoms with E-state index in [0.717, 1.165) is 5.56 Å². The number of nitrogens with one attached hydrogen (secondary N) is 1. The van der Waals surface area contributed by atoms with Gasteiger partial charge in [-0.2, -0.15) is 5.26 Å². The summed E-state index contributed by atoms with van der Waals surface area (Å²) < 4.78 is 0. The van der Waals surface area contributed by atoms with E-state index < -0.39 is 0 Å². The first-order chi connectivity index (χ1) is 14.0. The Kier molecular flexibility index (Phi) is 6.37. The number of nitrogens with zero attached hydrogens (tertiary/aromatic N) is 3. The summed E-state index contributed by atoms with van der Waals surface area (Å²) in [5.41, 5.74) is 3.08. The summed E-state index contributed by atoms with van der Waals surface area (Å²) in [5, 5.41) is 14.1. The van der Waals surface area contributed by atoms with Gasteiger partial charge < -0.3 is 4.90 Å². The first-order valence-electron chi connectivity index (χ1n) is 9.22. The molecule has 0 aliphatic rings. The van der Waals surface area contributed by atoms with E-state index in [4.69, 9.17) is 5.26 Å². The monoisotopic (exact) mass is 404 g/mol. The zero-order valence-electron chi connectivity index (χ0n) is 16.2. The van der Waals surface area contributed by atoms with Gasteiger partial charge in [0.2, 0.25) is 0 Å². The number of nitriles is 1. The maximum Gasteiger partial charge on any atom is 0.257 e. The van der Waals surface area contributed by atoms with Crippen LogP contribution in [0.5, 0.6) is 0 Å². The number of hydrogen-bond acceptors (Lipinski definition) is 5. The van der Waals surface area contributed by atoms with Crippen LogP contribution in [0.4, 0.5) is 5.13 Å². The van der Waals surface area contributed by atoms with Gasteiger partial charge in [0.25, 0.3) is 11.8 Å². The van der Waals surface area contributed by atoms with Crippen LogP contribution in [0.1, 0.15) is 40.1 Å². The molecule has 0 bridgehead atoms. The number of aromatic nitrogens is 1. The Balaban J connectivity index is 1.70. The van der Waals surface area contributed by atoms with Crippen LogP contribution in [0.25, 0.3) is 11.3 Å². The second-order valence-corrected chi connectivity index (χ2v) is 7.10. The molecule has 3 rings (SSSR count). The summed E-state index contributed by atoms with van der Waals surface area (Å²) in [6, 6.07) is 15.9. The van der Waals surface area contributed by atoms with Crippen LogP contribution < -0.4 is 5.32 Å². The van der Waals surface area contributed by atoms with Crippen molar-refractivity contribution < 1.29 is 9.59 Å². The van der Waals surface area contributed by atoms with Crippen LogP contribution in [0, 0.1) is 11.3 Å². The van der Waals surface area contributed by atoms with Crippen molar-refractivity contribution in [1.82, 2.24) is 9.88 Å². The van der Waals surface area contributed by atoms with Gasteiger partial charge in [-0.15, -0.1) is 11.3 Å². The van der Waals surface area contributed by atoms with E-state index in [-0.39, 0.29) is 11.8 Å². The van der Waals surface area contributed by atoms with Crippen molar-refractivity contribution in [2.45, 2.75) is 13.8 Å². The molecule has 3 aromatic rings. The Bertz CT molecular complexity index is 1060. The smallest absolute Gasteiger partial charge is 0.257 e. The van der Waals surface area contributed by atoms with Crippen molar-refractivity contribution in [1.29, 1.82) is 5.26 Å². The minimum Gasteiger partial charge on any atom is -0.339 e. The van der Waals surface area contributed by atoms with E-state index in [0.29, 0.717) is 40.6 Å². The highest BCUT2D eigenvalue weighted by molar-refractivity contribution is 7.14. The van der Waals surface area contributed by atoms with Crippen molar-refractivity contribution in [2.75, 3.05) is 18.4 Å². The van der Waals surface area contributed by atoms with Gasteiger partial charge in [0.1, 0.15) is 0 Å². The van der Waals surface area contributed by atoms with Gasteiger partial charge in [0, 0.05) is 35.2 Å². The fourth-order valence-corrected chi connectivity index (χ4v) is 3.55. The molecule has 2 amide bonds. The molecular weight excluding hydrogens is 384 g/mol. The van der Waals surface area contributed by atoms with Gasteiger partial charge in [-0.25, -0.2) is 4.98 Å². The van der Waals surface area contributed by atoms with Crippen molar-refractivity contribution in [3.05, 3.63) is 70.6 Å². The molecule has 1 N–H and O–H groups in total. The second-order valence-electron chi connectivity index (χ2n) is 6.24. The van der Waals surface area contributed by atoms with Gasteiger partial charge in [-0.1, -0.05) is 12.1 Å². The summed E-state index contributed by atoms with van der Waals surface area (Å²) in [5.74, 6) is -0.343. The normalized spacial score (nSPS) is 10.2. The molecule has 1 heterocycles. The molecule has 0 saturated carbocycles. The number of amides is 2. The predicted molar refractivity (Wildman–Crippen MR) is 114 cm³/mol. The zero-order chi connectivity index (χ0) is 20.8. The predicted octanol–water partition coefficient (Wildman–Crippen LogP) is 4.42. The topological polar surface area (TPSA) is 86.1 Å². The third-order valence-electron chi connectivity index (χ3n) is 4.46. The number of rotatable bonds is 6. The van der Waals surface area contributed by atoms with Crippen LogP contribution in [0.2, 0.25) is 0 Å². The Labute approximate surface area is 173 Å². The fraction of sp³-hybridized carbons (Fsp3) is 0.182. The average molecular weight is 404 g/mol. The Morgan fingerprint density at radius 1 is 1.10 bits per heavy atom. The van der Waals surface area contributed by atoms with E-state index in [9.17, 15) is 9.59 Å². The molecule has 2 aromatic carbocycles. The van der Waals surface area contributed by atoms with Crippen molar-refractivity contribution in [2.24, 2.45) is 0 Å². The number of anilines is 1. The van der Waals surface area contributed by atoms with Crippen molar-refractivity contribution in [3.8, 4) is 17.3 Å². The molecule has 0 atom stereocenters. The lowest BCUT2D eigenvalue weighted by atomic mass is 10.1. The molecule has 0 spiro atoms. The van der Waals surface area contributed by atoms with Gasteiger partial charge >= 0.3 is 0 Å². The number of carbonyl (C=O) groups excluding carboxylic acids is 2. The molecule has 0 fully saturated rings. The average Bonchev–Trinajstić information content (AvgIpc) is 3.23. The Morgan fingerprint density at radius 3 is 2.45 bits per heavy atom. The first kappa shape index (κ1) is 20.2. The summed E-state index contributed by atoms with van der Waals surface area (Å²) >= 11 is 1.31. The number of thiazole rings is 1. The van der Waals surface area contributed by atoms with E-state index in [1.807, 2.05) is 25.3 Å². The van der Waals surface area contributed by atoms with E-state index in [1.165, 1.54) is 11.3 Å². The van der Waals surface area contributed by atoms with E-state index in [2.05, 4.69) is 16.4 Å². The lowest BCUT2D eigenvalue weighted by Crippen LogP contribution is -2.30. The molecule has 0 saturated heterocycles. The number of hydrogen-bond donors (Lipinski definition) is 1. The SMILES string of the molecule is CCN(CC)C(=O)c1ccc(C(=O)Nc2nc(-c3cccc(C#N)c3)cs2)cc1. The third-order valence-corrected chi connectivity index (χ3v) is 5.21. The molecule has 0 radical (unpaired) electrons. The third kappa shape index (κ3) is 4.68. The second kappa shape index (κ2) is 9.13. The lowest BCUT2D eigenvalue weighted by molar-refractivity contribution is 0.0772. The molecule has 0 aliphatic carbocycles. The summed E-state index contributed by atoms with van der Waals surface area (Å²) in [7, 11) is 0. The molecule has 0 aliphatic heterocycles. The Hall–Kier alpha value is -3.50. The number of carbonyl (C=O) groups is 2. The summed E-state index contributed by atoms with van der Waals surface area (Å²) in [6.45, 7) is 5.15. The summed E-state index contributed by atoms with van der Waals surface area (Å²) in [6.07, 6.45) is 0. The summed E-state index contributed by atoms with van der Waals surface area (Å²) in [4.78, 5) is 31.0. The molecule has 7 heteroatoms. The fourth-order valence-electron chi connectivity index (χ4n) is 2.84. The van der Waals surface area contributed by atoms with Crippen LogP contribution in [0.3, 0.4) is 0 Å². The standard InChI is InChI=1S/C22H20N4O2S/c1-3-26(4-2)21(28)17-10-8-16(9-11-17)20(27)25-22-24-19(14-29-22)18-7-5-6-15(12-18)13-23/h5-12,14H,3-4H2,1-2H3,(H,24,25,27). The molecule has 0 unspecified atom stereocenters. The van der Waals surface area contributed by atoms with Crippen molar-refractivity contribution in [3.63, 3.8) is 0 Å².